The molecular formula is C19H27NO6. The molecule has 1 N–H and O–H groups in total. The lowest BCUT2D eigenvalue weighted by atomic mass is 9.97. The quantitative estimate of drug-likeness (QED) is 0.701. The number of aliphatic hydroxyl groups is 1. The average molecular weight is 365 g/mol. The molecule has 1 saturated heterocycles. The van der Waals surface area contributed by atoms with Crippen LogP contribution in [0.25, 0.3) is 0 Å². The molecule has 7 heteroatoms. The maximum Gasteiger partial charge on any atom is 0.309 e. The minimum Gasteiger partial charge on any atom is -0.466 e. The van der Waals surface area contributed by atoms with Crippen molar-refractivity contribution in [1.29, 1.82) is 0 Å². The minimum absolute atomic E-state index is 0.00870. The summed E-state index contributed by atoms with van der Waals surface area (Å²) >= 11 is 0. The first kappa shape index (κ1) is 18.9. The Morgan fingerprint density at radius 3 is 2.85 bits per heavy atom. The third-order valence-corrected chi connectivity index (χ3v) is 4.69. The molecule has 144 valence electrons. The van der Waals surface area contributed by atoms with Crippen LogP contribution in [0.2, 0.25) is 0 Å². The Balaban J connectivity index is 1.33. The van der Waals surface area contributed by atoms with Crippen molar-refractivity contribution in [2.75, 3.05) is 39.6 Å². The van der Waals surface area contributed by atoms with Gasteiger partial charge in [0.2, 0.25) is 6.79 Å². The van der Waals surface area contributed by atoms with Gasteiger partial charge in [0, 0.05) is 6.54 Å². The maximum absolute atomic E-state index is 11.7. The summed E-state index contributed by atoms with van der Waals surface area (Å²) in [4.78, 5) is 13.9. The van der Waals surface area contributed by atoms with Crippen LogP contribution in [0.5, 0.6) is 11.5 Å². The number of carbonyl (C=O) groups excluding carboxylic acids is 1. The highest BCUT2D eigenvalue weighted by Gasteiger charge is 2.26. The fourth-order valence-corrected chi connectivity index (χ4v) is 3.31. The minimum atomic E-state index is -0.553. The molecule has 0 unspecified atom stereocenters. The largest absolute Gasteiger partial charge is 0.466 e. The Kier molecular flexibility index (Phi) is 6.71. The van der Waals surface area contributed by atoms with E-state index in [0.29, 0.717) is 19.8 Å². The summed E-state index contributed by atoms with van der Waals surface area (Å²) in [6, 6.07) is 5.69. The molecule has 1 fully saturated rings. The second-order valence-corrected chi connectivity index (χ2v) is 6.68. The molecule has 0 amide bonds. The van der Waals surface area contributed by atoms with Gasteiger partial charge in [-0.05, 0) is 50.6 Å². The molecule has 3 rings (SSSR count). The molecule has 26 heavy (non-hydrogen) atoms. The Hall–Kier alpha value is -1.83. The SMILES string of the molecule is CCOC(=O)C1CCN(C[C@H](O)COCc2ccc3c(c2)OCO3)CC1. The van der Waals surface area contributed by atoms with Gasteiger partial charge in [0.15, 0.2) is 11.5 Å². The zero-order valence-corrected chi connectivity index (χ0v) is 15.2. The molecular weight excluding hydrogens is 338 g/mol. The number of aliphatic hydroxyl groups excluding tert-OH is 1. The number of hydrogen-bond donors (Lipinski definition) is 1. The van der Waals surface area contributed by atoms with Crippen LogP contribution in [0.15, 0.2) is 18.2 Å². The third-order valence-electron chi connectivity index (χ3n) is 4.69. The summed E-state index contributed by atoms with van der Waals surface area (Å²) in [5.74, 6) is 1.38. The maximum atomic E-state index is 11.7. The molecule has 1 aromatic rings. The van der Waals surface area contributed by atoms with Crippen molar-refractivity contribution in [2.24, 2.45) is 5.92 Å². The van der Waals surface area contributed by atoms with Crippen molar-refractivity contribution in [3.8, 4) is 11.5 Å². The van der Waals surface area contributed by atoms with E-state index < -0.39 is 6.10 Å². The zero-order chi connectivity index (χ0) is 18.4. The smallest absolute Gasteiger partial charge is 0.309 e. The molecule has 7 nitrogen and oxygen atoms in total. The van der Waals surface area contributed by atoms with Gasteiger partial charge in [-0.25, -0.2) is 0 Å². The standard InChI is InChI=1S/C19H27NO6/c1-2-24-19(22)15-5-7-20(8-6-15)10-16(21)12-23-11-14-3-4-17-18(9-14)26-13-25-17/h3-4,9,15-16,21H,2,5-8,10-13H2,1H3/t16-/m0/s1. The number of β-amino-alcohol motifs (C(OH)–C–C–N with tert-alkyl or cyclic N) is 1. The molecule has 0 saturated carbocycles. The van der Waals surface area contributed by atoms with Crippen LogP contribution in [-0.2, 0) is 20.9 Å². The van der Waals surface area contributed by atoms with Crippen LogP contribution in [0.4, 0.5) is 0 Å². The van der Waals surface area contributed by atoms with E-state index in [4.69, 9.17) is 18.9 Å². The van der Waals surface area contributed by atoms with E-state index in [1.165, 1.54) is 0 Å². The monoisotopic (exact) mass is 365 g/mol. The van der Waals surface area contributed by atoms with Crippen molar-refractivity contribution >= 4 is 5.97 Å². The highest BCUT2D eigenvalue weighted by Crippen LogP contribution is 2.32. The topological polar surface area (TPSA) is 77.5 Å². The van der Waals surface area contributed by atoms with Crippen LogP contribution in [0, 0.1) is 5.92 Å². The first-order valence-corrected chi connectivity index (χ1v) is 9.19. The molecule has 0 spiro atoms. The Morgan fingerprint density at radius 2 is 2.08 bits per heavy atom. The summed E-state index contributed by atoms with van der Waals surface area (Å²) in [5.41, 5.74) is 0.983. The molecule has 2 heterocycles. The van der Waals surface area contributed by atoms with E-state index in [2.05, 4.69) is 4.90 Å². The fraction of sp³-hybridized carbons (Fsp3) is 0.632. The van der Waals surface area contributed by atoms with Crippen LogP contribution in [0.3, 0.4) is 0 Å². The van der Waals surface area contributed by atoms with Crippen LogP contribution in [0.1, 0.15) is 25.3 Å². The highest BCUT2D eigenvalue weighted by atomic mass is 16.7. The number of rotatable bonds is 8. The second-order valence-electron chi connectivity index (χ2n) is 6.68. The summed E-state index contributed by atoms with van der Waals surface area (Å²) in [6.07, 6.45) is 1.01. The first-order valence-electron chi connectivity index (χ1n) is 9.19. The van der Waals surface area contributed by atoms with Gasteiger partial charge >= 0.3 is 5.97 Å². The summed E-state index contributed by atoms with van der Waals surface area (Å²) in [7, 11) is 0. The third kappa shape index (κ3) is 5.09. The van der Waals surface area contributed by atoms with Crippen LogP contribution >= 0.6 is 0 Å². The molecule has 0 aliphatic carbocycles. The Labute approximate surface area is 153 Å². The van der Waals surface area contributed by atoms with E-state index >= 15 is 0 Å². The van der Waals surface area contributed by atoms with Crippen molar-refractivity contribution in [2.45, 2.75) is 32.5 Å². The lowest BCUT2D eigenvalue weighted by Gasteiger charge is -2.32. The van der Waals surface area contributed by atoms with Gasteiger partial charge in [-0.1, -0.05) is 6.07 Å². The lowest BCUT2D eigenvalue weighted by molar-refractivity contribution is -0.149. The van der Waals surface area contributed by atoms with Gasteiger partial charge in [-0.15, -0.1) is 0 Å². The van der Waals surface area contributed by atoms with Crippen molar-refractivity contribution in [3.05, 3.63) is 23.8 Å². The number of nitrogens with zero attached hydrogens (tertiary/aromatic N) is 1. The van der Waals surface area contributed by atoms with E-state index in [0.717, 1.165) is 43.0 Å². The molecule has 0 aromatic heterocycles. The van der Waals surface area contributed by atoms with E-state index in [1.807, 2.05) is 25.1 Å². The predicted molar refractivity (Wildman–Crippen MR) is 94.0 cm³/mol. The number of fused-ring (bicyclic) bond motifs is 1. The number of benzene rings is 1. The van der Waals surface area contributed by atoms with E-state index in [1.54, 1.807) is 0 Å². The molecule has 0 radical (unpaired) electrons. The first-order chi connectivity index (χ1) is 12.7. The van der Waals surface area contributed by atoms with Gasteiger partial charge in [0.1, 0.15) is 0 Å². The predicted octanol–water partition coefficient (Wildman–Crippen LogP) is 1.57. The van der Waals surface area contributed by atoms with Crippen LogP contribution in [-0.4, -0.2) is 61.7 Å². The van der Waals surface area contributed by atoms with Gasteiger partial charge in [0.05, 0.1) is 31.8 Å². The van der Waals surface area contributed by atoms with Gasteiger partial charge in [0.25, 0.3) is 0 Å². The fourth-order valence-electron chi connectivity index (χ4n) is 3.31. The second kappa shape index (κ2) is 9.21. The number of esters is 1. The van der Waals surface area contributed by atoms with Crippen molar-refractivity contribution < 1.29 is 28.8 Å². The van der Waals surface area contributed by atoms with E-state index in [9.17, 15) is 9.90 Å². The number of ether oxygens (including phenoxy) is 4. The average Bonchev–Trinajstić information content (AvgIpc) is 3.10. The normalized spacial score (nSPS) is 18.7. The summed E-state index contributed by atoms with van der Waals surface area (Å²) in [6.45, 7) is 5.34. The Morgan fingerprint density at radius 1 is 1.31 bits per heavy atom. The van der Waals surface area contributed by atoms with Gasteiger partial charge < -0.3 is 29.0 Å². The van der Waals surface area contributed by atoms with Crippen LogP contribution < -0.4 is 9.47 Å². The molecule has 1 atom stereocenters. The van der Waals surface area contributed by atoms with E-state index in [-0.39, 0.29) is 25.3 Å². The van der Waals surface area contributed by atoms with Gasteiger partial charge in [-0.3, -0.25) is 4.79 Å². The number of carbonyl (C=O) groups is 1. The lowest BCUT2D eigenvalue weighted by Crippen LogP contribution is -2.41. The number of piperidine rings is 1. The van der Waals surface area contributed by atoms with Crippen molar-refractivity contribution in [1.82, 2.24) is 4.90 Å². The number of likely N-dealkylation sites (tertiary alicyclic amines) is 1. The highest BCUT2D eigenvalue weighted by molar-refractivity contribution is 5.72. The zero-order valence-electron chi connectivity index (χ0n) is 15.2. The molecule has 2 aliphatic heterocycles. The summed E-state index contributed by atoms with van der Waals surface area (Å²) in [5, 5.41) is 10.2. The molecule has 0 bridgehead atoms. The number of hydrogen-bond acceptors (Lipinski definition) is 7. The summed E-state index contributed by atoms with van der Waals surface area (Å²) < 4.78 is 21.3. The molecule has 2 aliphatic rings. The molecule has 1 aromatic carbocycles. The van der Waals surface area contributed by atoms with Crippen molar-refractivity contribution in [3.63, 3.8) is 0 Å². The Bertz CT molecular complexity index is 600. The van der Waals surface area contributed by atoms with Gasteiger partial charge in [-0.2, -0.15) is 0 Å².